The molecule has 0 aromatic rings. The molecule has 1 saturated heterocycles. The molecule has 12 heavy (non-hydrogen) atoms. The summed E-state index contributed by atoms with van der Waals surface area (Å²) in [4.78, 5) is 4.07. The van der Waals surface area contributed by atoms with Gasteiger partial charge in [-0.05, 0) is 32.4 Å². The van der Waals surface area contributed by atoms with Crippen molar-refractivity contribution in [3.05, 3.63) is 0 Å². The Morgan fingerprint density at radius 3 is 3.00 bits per heavy atom. The summed E-state index contributed by atoms with van der Waals surface area (Å²) < 4.78 is 0. The molecular weight excluding hydrogens is 150 g/mol. The van der Waals surface area contributed by atoms with E-state index in [4.69, 9.17) is 5.26 Å². The quantitative estimate of drug-likeness (QED) is 0.449. The van der Waals surface area contributed by atoms with Gasteiger partial charge in [-0.2, -0.15) is 5.26 Å². The summed E-state index contributed by atoms with van der Waals surface area (Å²) >= 11 is 0. The minimum atomic E-state index is 0.688. The van der Waals surface area contributed by atoms with Crippen molar-refractivity contribution in [2.45, 2.75) is 12.8 Å². The number of likely N-dealkylation sites (tertiary alicyclic amines) is 1. The Kier molecular flexibility index (Phi) is 3.36. The number of hydrogen-bond acceptors (Lipinski definition) is 3. The van der Waals surface area contributed by atoms with Crippen LogP contribution in [0.15, 0.2) is 0 Å². The fraction of sp³-hybridized carbons (Fsp3) is 0.889. The standard InChI is InChI=1S/C9H17N3/c1-11-5-3-4-9(6-11)7-12(2)8-10/h9H,3-7H2,1-2H3. The van der Waals surface area contributed by atoms with Gasteiger partial charge in [-0.15, -0.1) is 0 Å². The van der Waals surface area contributed by atoms with E-state index in [-0.39, 0.29) is 0 Å². The maximum atomic E-state index is 8.59. The van der Waals surface area contributed by atoms with Gasteiger partial charge in [-0.3, -0.25) is 0 Å². The van der Waals surface area contributed by atoms with E-state index in [2.05, 4.69) is 18.1 Å². The lowest BCUT2D eigenvalue weighted by Gasteiger charge is -2.30. The minimum absolute atomic E-state index is 0.688. The normalized spacial score (nSPS) is 24.9. The van der Waals surface area contributed by atoms with Crippen LogP contribution in [0.1, 0.15) is 12.8 Å². The van der Waals surface area contributed by atoms with E-state index in [9.17, 15) is 0 Å². The zero-order valence-electron chi connectivity index (χ0n) is 7.95. The Hall–Kier alpha value is -0.750. The summed E-state index contributed by atoms with van der Waals surface area (Å²) in [6.45, 7) is 3.28. The molecule has 1 aliphatic rings. The molecule has 1 aliphatic heterocycles. The molecule has 1 rings (SSSR count). The van der Waals surface area contributed by atoms with Crippen LogP contribution in [-0.2, 0) is 0 Å². The molecule has 1 unspecified atom stereocenters. The van der Waals surface area contributed by atoms with Gasteiger partial charge in [0.2, 0.25) is 0 Å². The van der Waals surface area contributed by atoms with E-state index in [1.54, 1.807) is 4.90 Å². The van der Waals surface area contributed by atoms with E-state index in [1.807, 2.05) is 7.05 Å². The van der Waals surface area contributed by atoms with E-state index in [0.29, 0.717) is 5.92 Å². The Morgan fingerprint density at radius 1 is 1.67 bits per heavy atom. The summed E-state index contributed by atoms with van der Waals surface area (Å²) in [5.41, 5.74) is 0. The van der Waals surface area contributed by atoms with Crippen molar-refractivity contribution in [1.82, 2.24) is 9.80 Å². The van der Waals surface area contributed by atoms with Crippen LogP contribution >= 0.6 is 0 Å². The molecule has 3 heteroatoms. The van der Waals surface area contributed by atoms with Crippen LogP contribution in [0, 0.1) is 17.4 Å². The molecule has 0 aromatic heterocycles. The van der Waals surface area contributed by atoms with E-state index in [1.165, 1.54) is 19.4 Å². The number of piperidine rings is 1. The van der Waals surface area contributed by atoms with E-state index >= 15 is 0 Å². The Labute approximate surface area is 74.6 Å². The summed E-state index contributed by atoms with van der Waals surface area (Å²) in [6, 6.07) is 0. The van der Waals surface area contributed by atoms with Gasteiger partial charge in [0.15, 0.2) is 6.19 Å². The molecule has 0 bridgehead atoms. The van der Waals surface area contributed by atoms with Gasteiger partial charge in [0.05, 0.1) is 0 Å². The van der Waals surface area contributed by atoms with Crippen molar-refractivity contribution in [3.8, 4) is 6.19 Å². The molecule has 0 amide bonds. The molecule has 0 aliphatic carbocycles. The highest BCUT2D eigenvalue weighted by molar-refractivity contribution is 4.77. The number of nitriles is 1. The average molecular weight is 167 g/mol. The molecule has 0 N–H and O–H groups in total. The van der Waals surface area contributed by atoms with Crippen molar-refractivity contribution >= 4 is 0 Å². The van der Waals surface area contributed by atoms with E-state index in [0.717, 1.165) is 13.1 Å². The molecule has 68 valence electrons. The monoisotopic (exact) mass is 167 g/mol. The number of nitrogens with zero attached hydrogens (tertiary/aromatic N) is 3. The number of rotatable bonds is 2. The predicted octanol–water partition coefficient (Wildman–Crippen LogP) is 0.741. The molecule has 0 spiro atoms. The molecule has 0 saturated carbocycles. The van der Waals surface area contributed by atoms with Crippen molar-refractivity contribution in [1.29, 1.82) is 5.26 Å². The van der Waals surface area contributed by atoms with Gasteiger partial charge >= 0.3 is 0 Å². The first-order valence-electron chi connectivity index (χ1n) is 4.52. The van der Waals surface area contributed by atoms with Crippen LogP contribution in [0.3, 0.4) is 0 Å². The van der Waals surface area contributed by atoms with Crippen LogP contribution in [-0.4, -0.2) is 43.5 Å². The molecule has 1 fully saturated rings. The van der Waals surface area contributed by atoms with Crippen molar-refractivity contribution < 1.29 is 0 Å². The Bertz CT molecular complexity index is 173. The zero-order valence-corrected chi connectivity index (χ0v) is 7.95. The SMILES string of the molecule is CN(C#N)CC1CCCN(C)C1. The van der Waals surface area contributed by atoms with Gasteiger partial charge in [0.25, 0.3) is 0 Å². The molecule has 3 nitrogen and oxygen atoms in total. The highest BCUT2D eigenvalue weighted by atomic mass is 15.1. The van der Waals surface area contributed by atoms with Crippen LogP contribution in [0.25, 0.3) is 0 Å². The fourth-order valence-corrected chi connectivity index (χ4v) is 1.85. The summed E-state index contributed by atoms with van der Waals surface area (Å²) in [6.07, 6.45) is 4.69. The highest BCUT2D eigenvalue weighted by Crippen LogP contribution is 2.15. The van der Waals surface area contributed by atoms with Gasteiger partial charge in [-0.25, -0.2) is 0 Å². The van der Waals surface area contributed by atoms with Crippen LogP contribution in [0.4, 0.5) is 0 Å². The lowest BCUT2D eigenvalue weighted by Crippen LogP contribution is -2.36. The van der Waals surface area contributed by atoms with Crippen molar-refractivity contribution in [2.24, 2.45) is 5.92 Å². The highest BCUT2D eigenvalue weighted by Gasteiger charge is 2.17. The Morgan fingerprint density at radius 2 is 2.42 bits per heavy atom. The first-order valence-corrected chi connectivity index (χ1v) is 4.52. The predicted molar refractivity (Wildman–Crippen MR) is 48.5 cm³/mol. The lowest BCUT2D eigenvalue weighted by atomic mass is 9.98. The first kappa shape index (κ1) is 9.34. The van der Waals surface area contributed by atoms with Gasteiger partial charge in [-0.1, -0.05) is 0 Å². The number of hydrogen-bond donors (Lipinski definition) is 0. The van der Waals surface area contributed by atoms with Crippen molar-refractivity contribution in [2.75, 3.05) is 33.7 Å². The first-order chi connectivity index (χ1) is 5.72. The second-order valence-corrected chi connectivity index (χ2v) is 3.75. The second-order valence-electron chi connectivity index (χ2n) is 3.75. The molecule has 0 aromatic carbocycles. The molecule has 1 atom stereocenters. The van der Waals surface area contributed by atoms with E-state index < -0.39 is 0 Å². The third kappa shape index (κ3) is 2.71. The maximum Gasteiger partial charge on any atom is 0.179 e. The Balaban J connectivity index is 2.28. The van der Waals surface area contributed by atoms with Gasteiger partial charge < -0.3 is 9.80 Å². The average Bonchev–Trinajstić information content (AvgIpc) is 2.04. The maximum absolute atomic E-state index is 8.59. The largest absolute Gasteiger partial charge is 0.313 e. The zero-order chi connectivity index (χ0) is 8.97. The molecule has 0 radical (unpaired) electrons. The molecule has 1 heterocycles. The van der Waals surface area contributed by atoms with Gasteiger partial charge in [0, 0.05) is 20.1 Å². The minimum Gasteiger partial charge on any atom is -0.313 e. The second kappa shape index (κ2) is 4.32. The van der Waals surface area contributed by atoms with Gasteiger partial charge in [0.1, 0.15) is 0 Å². The lowest BCUT2D eigenvalue weighted by molar-refractivity contribution is 0.186. The van der Waals surface area contributed by atoms with Crippen molar-refractivity contribution in [3.63, 3.8) is 0 Å². The topological polar surface area (TPSA) is 30.3 Å². The smallest absolute Gasteiger partial charge is 0.179 e. The van der Waals surface area contributed by atoms with Crippen LogP contribution in [0.2, 0.25) is 0 Å². The molecular formula is C9H17N3. The fourth-order valence-electron chi connectivity index (χ4n) is 1.85. The van der Waals surface area contributed by atoms with Crippen LogP contribution in [0.5, 0.6) is 0 Å². The third-order valence-corrected chi connectivity index (χ3v) is 2.42. The third-order valence-electron chi connectivity index (χ3n) is 2.42. The summed E-state index contributed by atoms with van der Waals surface area (Å²) in [5.74, 6) is 0.688. The summed E-state index contributed by atoms with van der Waals surface area (Å²) in [7, 11) is 4.01. The van der Waals surface area contributed by atoms with Crippen LogP contribution < -0.4 is 0 Å². The summed E-state index contributed by atoms with van der Waals surface area (Å²) in [5, 5.41) is 8.59.